The predicted molar refractivity (Wildman–Crippen MR) is 87.8 cm³/mol. The molecule has 2 atom stereocenters. The van der Waals surface area contributed by atoms with Gasteiger partial charge in [0.25, 0.3) is 5.91 Å². The van der Waals surface area contributed by atoms with Crippen LogP contribution in [0, 0.1) is 22.7 Å². The van der Waals surface area contributed by atoms with Crippen LogP contribution in [0.2, 0.25) is 0 Å². The number of rotatable bonds is 4. The molecule has 1 aliphatic rings. The van der Waals surface area contributed by atoms with Crippen molar-refractivity contribution in [3.05, 3.63) is 53.3 Å². The van der Waals surface area contributed by atoms with Crippen LogP contribution in [0.3, 0.4) is 0 Å². The number of carbonyl (C=O) groups excluding carboxylic acids is 1. The molecule has 1 aromatic carbocycles. The van der Waals surface area contributed by atoms with Crippen LogP contribution >= 0.6 is 0 Å². The second kappa shape index (κ2) is 7.52. The van der Waals surface area contributed by atoms with Crippen molar-refractivity contribution >= 4 is 5.91 Å². The molecule has 1 aliphatic heterocycles. The number of aromatic nitrogens is 1. The fourth-order valence-electron chi connectivity index (χ4n) is 2.61. The van der Waals surface area contributed by atoms with Crippen LogP contribution in [0.25, 0.3) is 0 Å². The van der Waals surface area contributed by atoms with Gasteiger partial charge in [0.05, 0.1) is 36.5 Å². The Morgan fingerprint density at radius 2 is 2.00 bits per heavy atom. The zero-order valence-electron chi connectivity index (χ0n) is 13.4. The number of benzene rings is 1. The zero-order chi connectivity index (χ0) is 17.6. The number of ether oxygens (including phenoxy) is 2. The van der Waals surface area contributed by atoms with Gasteiger partial charge in [-0.05, 0) is 30.3 Å². The van der Waals surface area contributed by atoms with Crippen molar-refractivity contribution in [1.82, 2.24) is 10.3 Å². The Morgan fingerprint density at radius 1 is 1.24 bits per heavy atom. The molecule has 0 saturated carbocycles. The molecule has 7 nitrogen and oxygen atoms in total. The summed E-state index contributed by atoms with van der Waals surface area (Å²) in [4.78, 5) is 15.1. The van der Waals surface area contributed by atoms with Crippen LogP contribution in [0.5, 0.6) is 5.75 Å². The predicted octanol–water partition coefficient (Wildman–Crippen LogP) is 1.72. The van der Waals surface area contributed by atoms with Crippen molar-refractivity contribution in [1.29, 1.82) is 10.5 Å². The number of amides is 1. The Hall–Kier alpha value is -3.29. The first-order valence-corrected chi connectivity index (χ1v) is 7.83. The molecule has 126 valence electrons. The van der Waals surface area contributed by atoms with E-state index in [4.69, 9.17) is 20.0 Å². The van der Waals surface area contributed by atoms with Gasteiger partial charge in [0.15, 0.2) is 0 Å². The maximum atomic E-state index is 12.3. The Bertz CT molecular complexity index is 829. The van der Waals surface area contributed by atoms with Gasteiger partial charge in [0.2, 0.25) is 0 Å². The molecule has 0 aliphatic carbocycles. The topological polar surface area (TPSA) is 111 Å². The van der Waals surface area contributed by atoms with E-state index in [0.717, 1.165) is 0 Å². The Morgan fingerprint density at radius 3 is 2.68 bits per heavy atom. The number of hydrogen-bond acceptors (Lipinski definition) is 5. The highest BCUT2D eigenvalue weighted by atomic mass is 16.5. The Balaban J connectivity index is 1.66. The molecule has 1 fully saturated rings. The third-order valence-corrected chi connectivity index (χ3v) is 3.94. The molecule has 1 saturated heterocycles. The molecule has 1 amide bonds. The summed E-state index contributed by atoms with van der Waals surface area (Å²) >= 11 is 0. The average Bonchev–Trinajstić information content (AvgIpc) is 3.13. The van der Waals surface area contributed by atoms with Crippen molar-refractivity contribution in [2.45, 2.75) is 18.6 Å². The van der Waals surface area contributed by atoms with E-state index in [1.807, 2.05) is 6.07 Å². The smallest absolute Gasteiger partial charge is 0.268 e. The third-order valence-electron chi connectivity index (χ3n) is 3.94. The van der Waals surface area contributed by atoms with Crippen molar-refractivity contribution in [3.8, 4) is 17.9 Å². The number of carbonyl (C=O) groups is 1. The van der Waals surface area contributed by atoms with Crippen LogP contribution in [0.15, 0.2) is 36.5 Å². The molecule has 0 spiro atoms. The highest BCUT2D eigenvalue weighted by Crippen LogP contribution is 2.19. The summed E-state index contributed by atoms with van der Waals surface area (Å²) in [6.07, 6.45) is 1.88. The lowest BCUT2D eigenvalue weighted by atomic mass is 10.1. The van der Waals surface area contributed by atoms with E-state index in [2.05, 4.69) is 16.4 Å². The minimum atomic E-state index is -0.314. The fraction of sp³-hybridized carbons (Fsp3) is 0.278. The lowest BCUT2D eigenvalue weighted by Gasteiger charge is -2.32. The quantitative estimate of drug-likeness (QED) is 0.883. The highest BCUT2D eigenvalue weighted by molar-refractivity contribution is 5.93. The summed E-state index contributed by atoms with van der Waals surface area (Å²) < 4.78 is 11.4. The Kier molecular flexibility index (Phi) is 4.98. The monoisotopic (exact) mass is 336 g/mol. The number of nitrogens with zero attached hydrogens (tertiary/aromatic N) is 2. The van der Waals surface area contributed by atoms with Gasteiger partial charge >= 0.3 is 0 Å². The second-order valence-corrected chi connectivity index (χ2v) is 5.65. The van der Waals surface area contributed by atoms with Crippen LogP contribution < -0.4 is 10.1 Å². The van der Waals surface area contributed by atoms with Gasteiger partial charge in [-0.1, -0.05) is 0 Å². The number of hydrogen-bond donors (Lipinski definition) is 2. The van der Waals surface area contributed by atoms with Gasteiger partial charge in [0.1, 0.15) is 23.6 Å². The normalized spacial score (nSPS) is 19.4. The molecule has 2 N–H and O–H groups in total. The molecule has 3 rings (SSSR count). The first-order chi connectivity index (χ1) is 12.2. The molecule has 2 heterocycles. The summed E-state index contributed by atoms with van der Waals surface area (Å²) in [6, 6.07) is 12.0. The number of aromatic amines is 1. The van der Waals surface area contributed by atoms with Gasteiger partial charge in [-0.3, -0.25) is 4.79 Å². The molecular formula is C18H16N4O3. The molecule has 25 heavy (non-hydrogen) atoms. The minimum Gasteiger partial charge on any atom is -0.488 e. The average molecular weight is 336 g/mol. The molecule has 0 unspecified atom stereocenters. The molecule has 7 heteroatoms. The third kappa shape index (κ3) is 3.97. The van der Waals surface area contributed by atoms with E-state index in [1.54, 1.807) is 24.3 Å². The molecule has 2 aromatic rings. The summed E-state index contributed by atoms with van der Waals surface area (Å²) in [7, 11) is 0. The lowest BCUT2D eigenvalue weighted by molar-refractivity contribution is -0.00294. The number of H-pyrrole nitrogens is 1. The van der Waals surface area contributed by atoms with Crippen LogP contribution in [0.1, 0.15) is 28.0 Å². The van der Waals surface area contributed by atoms with Gasteiger partial charge < -0.3 is 19.8 Å². The maximum Gasteiger partial charge on any atom is 0.268 e. The van der Waals surface area contributed by atoms with E-state index >= 15 is 0 Å². The molecular weight excluding hydrogens is 320 g/mol. The highest BCUT2D eigenvalue weighted by Gasteiger charge is 2.29. The van der Waals surface area contributed by atoms with E-state index in [0.29, 0.717) is 42.2 Å². The summed E-state index contributed by atoms with van der Waals surface area (Å²) in [6.45, 7) is 0.896. The van der Waals surface area contributed by atoms with Crippen molar-refractivity contribution in [2.24, 2.45) is 0 Å². The van der Waals surface area contributed by atoms with Crippen LogP contribution in [0.4, 0.5) is 0 Å². The van der Waals surface area contributed by atoms with Crippen LogP contribution in [-0.4, -0.2) is 36.3 Å². The zero-order valence-corrected chi connectivity index (χ0v) is 13.4. The first-order valence-electron chi connectivity index (χ1n) is 7.83. The number of nitrogens with one attached hydrogen (secondary N) is 2. The maximum absolute atomic E-state index is 12.3. The van der Waals surface area contributed by atoms with Crippen LogP contribution in [-0.2, 0) is 4.74 Å². The SMILES string of the molecule is N#Cc1ccc(O[C@@H]2CCOC[C@H]2NC(=O)c2cc(C#N)c[nH]2)cc1. The molecule has 1 aromatic heterocycles. The molecule has 0 radical (unpaired) electrons. The van der Waals surface area contributed by atoms with Gasteiger partial charge in [0, 0.05) is 12.6 Å². The molecule has 0 bridgehead atoms. The second-order valence-electron chi connectivity index (χ2n) is 5.65. The Labute approximate surface area is 144 Å². The standard InChI is InChI=1S/C18H16N4O3/c19-8-12-1-3-14(4-2-12)25-17-5-6-24-11-16(17)22-18(23)15-7-13(9-20)10-21-15/h1-4,7,10,16-17,21H,5-6,11H2,(H,22,23)/t16-,17-/m1/s1. The lowest BCUT2D eigenvalue weighted by Crippen LogP contribution is -2.51. The van der Waals surface area contributed by atoms with Crippen molar-refractivity contribution in [3.63, 3.8) is 0 Å². The van der Waals surface area contributed by atoms with E-state index in [-0.39, 0.29) is 18.1 Å². The van der Waals surface area contributed by atoms with E-state index < -0.39 is 0 Å². The van der Waals surface area contributed by atoms with Crippen molar-refractivity contribution < 1.29 is 14.3 Å². The van der Waals surface area contributed by atoms with Gasteiger partial charge in [-0.25, -0.2) is 0 Å². The summed E-state index contributed by atoms with van der Waals surface area (Å²) in [5.74, 6) is 0.321. The number of nitriles is 2. The van der Waals surface area contributed by atoms with E-state index in [9.17, 15) is 4.79 Å². The summed E-state index contributed by atoms with van der Waals surface area (Å²) in [5.41, 5.74) is 1.28. The first kappa shape index (κ1) is 16.6. The van der Waals surface area contributed by atoms with Gasteiger partial charge in [-0.15, -0.1) is 0 Å². The fourth-order valence-corrected chi connectivity index (χ4v) is 2.61. The largest absolute Gasteiger partial charge is 0.488 e. The van der Waals surface area contributed by atoms with E-state index in [1.165, 1.54) is 12.3 Å². The summed E-state index contributed by atoms with van der Waals surface area (Å²) in [5, 5.41) is 20.6. The van der Waals surface area contributed by atoms with Crippen molar-refractivity contribution in [2.75, 3.05) is 13.2 Å². The minimum absolute atomic E-state index is 0.240. The van der Waals surface area contributed by atoms with Gasteiger partial charge in [-0.2, -0.15) is 10.5 Å².